The van der Waals surface area contributed by atoms with Crippen molar-refractivity contribution in [3.8, 4) is 0 Å². The number of carbonyl (C=O) groups excluding carboxylic acids is 2. The molecular formula is C15H25NO2. The van der Waals surface area contributed by atoms with Crippen molar-refractivity contribution in [2.75, 3.05) is 13.1 Å². The molecule has 3 heteroatoms. The molecule has 1 aliphatic carbocycles. The van der Waals surface area contributed by atoms with Crippen LogP contribution in [-0.4, -0.2) is 29.7 Å². The molecule has 1 aliphatic heterocycles. The van der Waals surface area contributed by atoms with Gasteiger partial charge in [-0.1, -0.05) is 20.8 Å². The Morgan fingerprint density at radius 1 is 1.28 bits per heavy atom. The van der Waals surface area contributed by atoms with E-state index in [4.69, 9.17) is 0 Å². The smallest absolute Gasteiger partial charge is 0.222 e. The maximum atomic E-state index is 12.0. The molecule has 1 heterocycles. The van der Waals surface area contributed by atoms with Gasteiger partial charge in [0.2, 0.25) is 5.91 Å². The van der Waals surface area contributed by atoms with Crippen molar-refractivity contribution in [3.63, 3.8) is 0 Å². The van der Waals surface area contributed by atoms with Crippen LogP contribution in [0.3, 0.4) is 0 Å². The molecule has 0 aromatic rings. The molecule has 2 atom stereocenters. The molecule has 0 aromatic heterocycles. The van der Waals surface area contributed by atoms with Crippen molar-refractivity contribution in [2.45, 2.75) is 52.9 Å². The van der Waals surface area contributed by atoms with E-state index in [-0.39, 0.29) is 17.2 Å². The van der Waals surface area contributed by atoms with Gasteiger partial charge in [0.25, 0.3) is 0 Å². The topological polar surface area (TPSA) is 37.4 Å². The minimum atomic E-state index is 0.202. The van der Waals surface area contributed by atoms with E-state index in [9.17, 15) is 9.59 Å². The third kappa shape index (κ3) is 2.93. The average molecular weight is 251 g/mol. The Kier molecular flexibility index (Phi) is 3.79. The molecule has 2 aliphatic rings. The summed E-state index contributed by atoms with van der Waals surface area (Å²) >= 11 is 0. The van der Waals surface area contributed by atoms with Crippen molar-refractivity contribution in [3.05, 3.63) is 0 Å². The second-order valence-corrected chi connectivity index (χ2v) is 6.95. The summed E-state index contributed by atoms with van der Waals surface area (Å²) in [5.74, 6) is 1.38. The van der Waals surface area contributed by atoms with Crippen LogP contribution in [0.4, 0.5) is 0 Å². The van der Waals surface area contributed by atoms with Gasteiger partial charge in [0.1, 0.15) is 5.78 Å². The van der Waals surface area contributed by atoms with Crippen LogP contribution in [0.1, 0.15) is 52.9 Å². The Balaban J connectivity index is 1.83. The average Bonchev–Trinajstić information content (AvgIpc) is 2.82. The van der Waals surface area contributed by atoms with E-state index >= 15 is 0 Å². The quantitative estimate of drug-likeness (QED) is 0.773. The maximum absolute atomic E-state index is 12.0. The molecule has 0 spiro atoms. The number of hydrogen-bond donors (Lipinski definition) is 0. The number of ketones is 1. The third-order valence-corrected chi connectivity index (χ3v) is 4.62. The Morgan fingerprint density at radius 2 is 2.00 bits per heavy atom. The van der Waals surface area contributed by atoms with Crippen LogP contribution >= 0.6 is 0 Å². The molecule has 18 heavy (non-hydrogen) atoms. The number of amides is 1. The Labute approximate surface area is 110 Å². The molecule has 1 saturated heterocycles. The van der Waals surface area contributed by atoms with Crippen LogP contribution in [-0.2, 0) is 9.59 Å². The lowest BCUT2D eigenvalue weighted by Crippen LogP contribution is -2.30. The largest absolute Gasteiger partial charge is 0.342 e. The Hall–Kier alpha value is -0.860. The summed E-state index contributed by atoms with van der Waals surface area (Å²) in [7, 11) is 0. The summed E-state index contributed by atoms with van der Waals surface area (Å²) < 4.78 is 0. The SMILES string of the molecule is CC(C)(C)C1CC(=O)N(CCC2CCCC2=O)C1. The van der Waals surface area contributed by atoms with Crippen LogP contribution in [0, 0.1) is 17.3 Å². The van der Waals surface area contributed by atoms with Crippen LogP contribution in [0.2, 0.25) is 0 Å². The number of nitrogens with zero attached hydrogens (tertiary/aromatic N) is 1. The van der Waals surface area contributed by atoms with Gasteiger partial charge in [-0.25, -0.2) is 0 Å². The molecule has 0 aromatic carbocycles. The number of Topliss-reactive ketones (excluding diaryl/α,β-unsaturated/α-hetero) is 1. The van der Waals surface area contributed by atoms with E-state index in [1.807, 2.05) is 4.90 Å². The van der Waals surface area contributed by atoms with Gasteiger partial charge in [0, 0.05) is 31.8 Å². The highest BCUT2D eigenvalue weighted by molar-refractivity contribution is 5.83. The lowest BCUT2D eigenvalue weighted by Gasteiger charge is -2.26. The van der Waals surface area contributed by atoms with Crippen molar-refractivity contribution in [2.24, 2.45) is 17.3 Å². The summed E-state index contributed by atoms with van der Waals surface area (Å²) in [5.41, 5.74) is 0.202. The zero-order chi connectivity index (χ0) is 13.3. The molecule has 0 radical (unpaired) electrons. The van der Waals surface area contributed by atoms with Gasteiger partial charge < -0.3 is 4.90 Å². The van der Waals surface area contributed by atoms with Gasteiger partial charge in [-0.3, -0.25) is 9.59 Å². The minimum absolute atomic E-state index is 0.202. The van der Waals surface area contributed by atoms with E-state index in [1.54, 1.807) is 0 Å². The normalized spacial score (nSPS) is 29.4. The fraction of sp³-hybridized carbons (Fsp3) is 0.867. The van der Waals surface area contributed by atoms with Gasteiger partial charge >= 0.3 is 0 Å². The highest BCUT2D eigenvalue weighted by Crippen LogP contribution is 2.34. The van der Waals surface area contributed by atoms with Gasteiger partial charge in [0.05, 0.1) is 0 Å². The first-order valence-corrected chi connectivity index (χ1v) is 7.18. The van der Waals surface area contributed by atoms with Crippen molar-refractivity contribution in [1.29, 1.82) is 0 Å². The van der Waals surface area contributed by atoms with Gasteiger partial charge in [-0.2, -0.15) is 0 Å². The Morgan fingerprint density at radius 3 is 2.50 bits per heavy atom. The van der Waals surface area contributed by atoms with E-state index in [1.165, 1.54) is 0 Å². The van der Waals surface area contributed by atoms with Crippen LogP contribution in [0.15, 0.2) is 0 Å². The molecule has 0 N–H and O–H groups in total. The fourth-order valence-corrected chi connectivity index (χ4v) is 3.07. The van der Waals surface area contributed by atoms with Gasteiger partial charge in [0.15, 0.2) is 0 Å². The highest BCUT2D eigenvalue weighted by Gasteiger charge is 2.37. The molecule has 2 fully saturated rings. The number of hydrogen-bond acceptors (Lipinski definition) is 2. The van der Waals surface area contributed by atoms with E-state index in [0.29, 0.717) is 18.1 Å². The molecule has 0 bridgehead atoms. The summed E-state index contributed by atoms with van der Waals surface area (Å²) in [6.45, 7) is 8.27. The predicted octanol–water partition coefficient (Wildman–Crippen LogP) is 2.64. The summed E-state index contributed by atoms with van der Waals surface area (Å²) in [4.78, 5) is 25.5. The summed E-state index contributed by atoms with van der Waals surface area (Å²) in [6.07, 6.45) is 4.39. The molecular weight excluding hydrogens is 226 g/mol. The van der Waals surface area contributed by atoms with Gasteiger partial charge in [-0.05, 0) is 30.6 Å². The molecule has 102 valence electrons. The molecule has 1 saturated carbocycles. The molecule has 3 nitrogen and oxygen atoms in total. The van der Waals surface area contributed by atoms with Crippen LogP contribution in [0.25, 0.3) is 0 Å². The lowest BCUT2D eigenvalue weighted by atomic mass is 9.80. The number of rotatable bonds is 3. The minimum Gasteiger partial charge on any atom is -0.342 e. The predicted molar refractivity (Wildman–Crippen MR) is 71.1 cm³/mol. The molecule has 1 amide bonds. The molecule has 2 unspecified atom stereocenters. The zero-order valence-corrected chi connectivity index (χ0v) is 11.9. The fourth-order valence-electron chi connectivity index (χ4n) is 3.07. The van der Waals surface area contributed by atoms with Crippen molar-refractivity contribution < 1.29 is 9.59 Å². The lowest BCUT2D eigenvalue weighted by molar-refractivity contribution is -0.128. The van der Waals surface area contributed by atoms with E-state index in [2.05, 4.69) is 20.8 Å². The monoisotopic (exact) mass is 251 g/mol. The highest BCUT2D eigenvalue weighted by atomic mass is 16.2. The number of likely N-dealkylation sites (tertiary alicyclic amines) is 1. The first kappa shape index (κ1) is 13.6. The van der Waals surface area contributed by atoms with Gasteiger partial charge in [-0.15, -0.1) is 0 Å². The van der Waals surface area contributed by atoms with E-state index in [0.717, 1.165) is 38.8 Å². The third-order valence-electron chi connectivity index (χ3n) is 4.62. The van der Waals surface area contributed by atoms with Crippen molar-refractivity contribution in [1.82, 2.24) is 4.90 Å². The summed E-state index contributed by atoms with van der Waals surface area (Å²) in [6, 6.07) is 0. The van der Waals surface area contributed by atoms with Crippen molar-refractivity contribution >= 4 is 11.7 Å². The number of carbonyl (C=O) groups is 2. The zero-order valence-electron chi connectivity index (χ0n) is 11.9. The standard InChI is InChI=1S/C15H25NO2/c1-15(2,3)12-9-14(18)16(10-12)8-7-11-5-4-6-13(11)17/h11-12H,4-10H2,1-3H3. The second-order valence-electron chi connectivity index (χ2n) is 6.95. The van der Waals surface area contributed by atoms with Crippen LogP contribution < -0.4 is 0 Å². The molecule has 2 rings (SSSR count). The Bertz CT molecular complexity index is 343. The first-order chi connectivity index (χ1) is 8.38. The second kappa shape index (κ2) is 5.02. The van der Waals surface area contributed by atoms with Crippen LogP contribution in [0.5, 0.6) is 0 Å². The first-order valence-electron chi connectivity index (χ1n) is 7.18. The van der Waals surface area contributed by atoms with E-state index < -0.39 is 0 Å². The summed E-state index contributed by atoms with van der Waals surface area (Å²) in [5, 5.41) is 0. The maximum Gasteiger partial charge on any atom is 0.222 e.